The summed E-state index contributed by atoms with van der Waals surface area (Å²) in [6, 6.07) is 17.0. The Bertz CT molecular complexity index is 933. The molecule has 2 N–H and O–H groups in total. The molecule has 27 heavy (non-hydrogen) atoms. The molecule has 0 aliphatic rings. The summed E-state index contributed by atoms with van der Waals surface area (Å²) < 4.78 is 11.1. The second kappa shape index (κ2) is 8.42. The Balaban J connectivity index is 1.56. The third-order valence-electron chi connectivity index (χ3n) is 3.54. The molecule has 0 aliphatic carbocycles. The highest BCUT2D eigenvalue weighted by Crippen LogP contribution is 2.19. The minimum absolute atomic E-state index is 0.157. The number of rotatable bonds is 6. The monoisotopic (exact) mass is 384 g/mol. The molecule has 1 aromatic heterocycles. The van der Waals surface area contributed by atoms with Gasteiger partial charge in [-0.2, -0.15) is 0 Å². The number of halogens is 1. The number of carbonyl (C=O) groups excluding carboxylic acids is 2. The van der Waals surface area contributed by atoms with Crippen molar-refractivity contribution in [2.45, 2.75) is 13.5 Å². The summed E-state index contributed by atoms with van der Waals surface area (Å²) in [5.74, 6) is 0.823. The van der Waals surface area contributed by atoms with Gasteiger partial charge in [0.2, 0.25) is 5.91 Å². The lowest BCUT2D eigenvalue weighted by atomic mass is 10.2. The van der Waals surface area contributed by atoms with Crippen LogP contribution in [0.2, 0.25) is 5.02 Å². The lowest BCUT2D eigenvalue weighted by molar-refractivity contribution is -0.114. The summed E-state index contributed by atoms with van der Waals surface area (Å²) in [6.45, 7) is 1.63. The van der Waals surface area contributed by atoms with Gasteiger partial charge in [-0.1, -0.05) is 11.6 Å². The SMILES string of the molecule is CC(=O)Nc1ccc(NC(=O)c2ccc(COc3ccc(Cl)cc3)o2)cc1. The smallest absolute Gasteiger partial charge is 0.291 e. The van der Waals surface area contributed by atoms with Gasteiger partial charge in [-0.3, -0.25) is 9.59 Å². The first-order chi connectivity index (χ1) is 13.0. The van der Waals surface area contributed by atoms with Gasteiger partial charge >= 0.3 is 0 Å². The van der Waals surface area contributed by atoms with Gasteiger partial charge in [-0.25, -0.2) is 0 Å². The molecule has 0 spiro atoms. The molecule has 0 radical (unpaired) electrons. The van der Waals surface area contributed by atoms with E-state index in [1.807, 2.05) is 0 Å². The Morgan fingerprint density at radius 3 is 2.19 bits per heavy atom. The van der Waals surface area contributed by atoms with Crippen molar-refractivity contribution >= 4 is 34.8 Å². The molecule has 0 saturated carbocycles. The summed E-state index contributed by atoms with van der Waals surface area (Å²) in [5.41, 5.74) is 1.24. The van der Waals surface area contributed by atoms with Crippen LogP contribution in [0.25, 0.3) is 0 Å². The Labute approximate surface area is 161 Å². The van der Waals surface area contributed by atoms with Gasteiger partial charge in [0.1, 0.15) is 18.1 Å². The van der Waals surface area contributed by atoms with Gasteiger partial charge in [-0.15, -0.1) is 0 Å². The van der Waals surface area contributed by atoms with Crippen LogP contribution in [-0.4, -0.2) is 11.8 Å². The molecule has 0 bridgehead atoms. The number of carbonyl (C=O) groups is 2. The Morgan fingerprint density at radius 1 is 0.926 bits per heavy atom. The van der Waals surface area contributed by atoms with Gasteiger partial charge in [0.25, 0.3) is 5.91 Å². The summed E-state index contributed by atoms with van der Waals surface area (Å²) in [4.78, 5) is 23.3. The topological polar surface area (TPSA) is 80.6 Å². The second-order valence-electron chi connectivity index (χ2n) is 5.72. The fourth-order valence-electron chi connectivity index (χ4n) is 2.30. The van der Waals surface area contributed by atoms with Crippen LogP contribution in [0, 0.1) is 0 Å². The number of hydrogen-bond donors (Lipinski definition) is 2. The van der Waals surface area contributed by atoms with Gasteiger partial charge < -0.3 is 19.8 Å². The van der Waals surface area contributed by atoms with Crippen molar-refractivity contribution in [2.24, 2.45) is 0 Å². The zero-order valence-corrected chi connectivity index (χ0v) is 15.2. The van der Waals surface area contributed by atoms with Crippen LogP contribution in [0.3, 0.4) is 0 Å². The highest BCUT2D eigenvalue weighted by Gasteiger charge is 2.12. The molecule has 138 valence electrons. The van der Waals surface area contributed by atoms with Gasteiger partial charge in [0, 0.05) is 23.3 Å². The van der Waals surface area contributed by atoms with Gasteiger partial charge in [0.05, 0.1) is 0 Å². The number of benzene rings is 2. The number of hydrogen-bond acceptors (Lipinski definition) is 4. The maximum absolute atomic E-state index is 12.3. The maximum Gasteiger partial charge on any atom is 0.291 e. The molecule has 0 unspecified atom stereocenters. The van der Waals surface area contributed by atoms with Crippen molar-refractivity contribution < 1.29 is 18.7 Å². The predicted molar refractivity (Wildman–Crippen MR) is 103 cm³/mol. The molecule has 0 saturated heterocycles. The van der Waals surface area contributed by atoms with Crippen LogP contribution >= 0.6 is 11.6 Å². The molecule has 1 heterocycles. The van der Waals surface area contributed by atoms with Crippen molar-refractivity contribution in [1.82, 2.24) is 0 Å². The number of furan rings is 1. The molecule has 0 aliphatic heterocycles. The van der Waals surface area contributed by atoms with E-state index in [0.29, 0.717) is 27.9 Å². The van der Waals surface area contributed by atoms with E-state index in [9.17, 15) is 9.59 Å². The molecule has 2 amide bonds. The third-order valence-corrected chi connectivity index (χ3v) is 3.80. The summed E-state index contributed by atoms with van der Waals surface area (Å²) in [7, 11) is 0. The highest BCUT2D eigenvalue weighted by atomic mass is 35.5. The average Bonchev–Trinajstić information content (AvgIpc) is 3.12. The fourth-order valence-corrected chi connectivity index (χ4v) is 2.42. The van der Waals surface area contributed by atoms with Crippen molar-refractivity contribution in [2.75, 3.05) is 10.6 Å². The van der Waals surface area contributed by atoms with E-state index in [-0.39, 0.29) is 24.2 Å². The Morgan fingerprint density at radius 2 is 1.56 bits per heavy atom. The molecule has 3 rings (SSSR count). The van der Waals surface area contributed by atoms with E-state index in [1.165, 1.54) is 6.92 Å². The summed E-state index contributed by atoms with van der Waals surface area (Å²) in [5, 5.41) is 6.02. The van der Waals surface area contributed by atoms with Crippen LogP contribution < -0.4 is 15.4 Å². The average molecular weight is 385 g/mol. The first kappa shape index (κ1) is 18.5. The molecular formula is C20H17ClN2O4. The van der Waals surface area contributed by atoms with Crippen molar-refractivity contribution in [1.29, 1.82) is 0 Å². The van der Waals surface area contributed by atoms with E-state index >= 15 is 0 Å². The highest BCUT2D eigenvalue weighted by molar-refractivity contribution is 6.30. The molecule has 2 aromatic carbocycles. The normalized spacial score (nSPS) is 10.3. The van der Waals surface area contributed by atoms with Crippen molar-refractivity contribution in [3.8, 4) is 5.75 Å². The number of nitrogens with one attached hydrogen (secondary N) is 2. The Hall–Kier alpha value is -3.25. The zero-order valence-electron chi connectivity index (χ0n) is 14.5. The molecule has 6 nitrogen and oxygen atoms in total. The van der Waals surface area contributed by atoms with Gasteiger partial charge in [0.15, 0.2) is 5.76 Å². The Kier molecular flexibility index (Phi) is 5.78. The number of anilines is 2. The minimum atomic E-state index is -0.375. The zero-order chi connectivity index (χ0) is 19.2. The van der Waals surface area contributed by atoms with E-state index in [2.05, 4.69) is 10.6 Å². The third kappa shape index (κ3) is 5.36. The standard InChI is InChI=1S/C20H17ClN2O4/c1-13(24)22-15-4-6-16(7-5-15)23-20(25)19-11-10-18(27-19)12-26-17-8-2-14(21)3-9-17/h2-11H,12H2,1H3,(H,22,24)(H,23,25). The van der Waals surface area contributed by atoms with E-state index in [0.717, 1.165) is 0 Å². The van der Waals surface area contributed by atoms with Crippen LogP contribution in [0.15, 0.2) is 65.1 Å². The second-order valence-corrected chi connectivity index (χ2v) is 6.16. The van der Waals surface area contributed by atoms with Crippen LogP contribution in [0.5, 0.6) is 5.75 Å². The van der Waals surface area contributed by atoms with Crippen molar-refractivity contribution in [3.63, 3.8) is 0 Å². The first-order valence-electron chi connectivity index (χ1n) is 8.16. The lowest BCUT2D eigenvalue weighted by Crippen LogP contribution is -2.11. The fraction of sp³-hybridized carbons (Fsp3) is 0.100. The molecule has 3 aromatic rings. The molecule has 7 heteroatoms. The van der Waals surface area contributed by atoms with Crippen LogP contribution in [0.1, 0.15) is 23.2 Å². The van der Waals surface area contributed by atoms with Gasteiger partial charge in [-0.05, 0) is 60.7 Å². The summed E-state index contributed by atoms with van der Waals surface area (Å²) >= 11 is 5.83. The first-order valence-corrected chi connectivity index (χ1v) is 8.53. The predicted octanol–water partition coefficient (Wildman–Crippen LogP) is 4.72. The number of ether oxygens (including phenoxy) is 1. The van der Waals surface area contributed by atoms with Crippen LogP contribution in [-0.2, 0) is 11.4 Å². The van der Waals surface area contributed by atoms with E-state index in [4.69, 9.17) is 20.8 Å². The molecular weight excluding hydrogens is 368 g/mol. The largest absolute Gasteiger partial charge is 0.486 e. The maximum atomic E-state index is 12.3. The van der Waals surface area contributed by atoms with E-state index < -0.39 is 0 Å². The number of amides is 2. The van der Waals surface area contributed by atoms with Crippen molar-refractivity contribution in [3.05, 3.63) is 77.2 Å². The lowest BCUT2D eigenvalue weighted by Gasteiger charge is -2.06. The minimum Gasteiger partial charge on any atom is -0.486 e. The quantitative estimate of drug-likeness (QED) is 0.644. The van der Waals surface area contributed by atoms with Crippen LogP contribution in [0.4, 0.5) is 11.4 Å². The summed E-state index contributed by atoms with van der Waals surface area (Å²) in [6.07, 6.45) is 0. The molecule has 0 atom stereocenters. The van der Waals surface area contributed by atoms with E-state index in [1.54, 1.807) is 60.7 Å². The molecule has 0 fully saturated rings.